The van der Waals surface area contributed by atoms with Gasteiger partial charge in [-0.3, -0.25) is 4.79 Å². The highest BCUT2D eigenvalue weighted by Crippen LogP contribution is 2.41. The summed E-state index contributed by atoms with van der Waals surface area (Å²) in [7, 11) is 0. The van der Waals surface area contributed by atoms with Crippen LogP contribution in [0.25, 0.3) is 5.65 Å². The Labute approximate surface area is 182 Å². The standard InChI is InChI=1S/C22H24N6O2S/c1-3-16-20(25-19-11-17(29)15(12-28(16)19)21(26-23)27-24)22(30,14-7-5-4-6-8-14)18-10-9-13(2)31-18/h4-12,25,30H,3,23-24H2,1-2H3,(H,26,27). The van der Waals surface area contributed by atoms with Crippen molar-refractivity contribution in [3.05, 3.63) is 97.2 Å². The first-order valence-electron chi connectivity index (χ1n) is 9.81. The molecule has 1 unspecified atom stereocenters. The van der Waals surface area contributed by atoms with E-state index in [1.165, 1.54) is 17.4 Å². The molecule has 8 nitrogen and oxygen atoms in total. The van der Waals surface area contributed by atoms with Gasteiger partial charge in [0.2, 0.25) is 0 Å². The van der Waals surface area contributed by atoms with Gasteiger partial charge in [0, 0.05) is 27.7 Å². The van der Waals surface area contributed by atoms with E-state index >= 15 is 0 Å². The van der Waals surface area contributed by atoms with Crippen LogP contribution >= 0.6 is 11.3 Å². The van der Waals surface area contributed by atoms with Crippen molar-refractivity contribution in [2.24, 2.45) is 16.8 Å². The normalized spacial score (nSPS) is 14.0. The predicted octanol–water partition coefficient (Wildman–Crippen LogP) is 1.93. The van der Waals surface area contributed by atoms with Crippen molar-refractivity contribution in [1.29, 1.82) is 0 Å². The van der Waals surface area contributed by atoms with Gasteiger partial charge in [-0.05, 0) is 31.0 Å². The van der Waals surface area contributed by atoms with Crippen LogP contribution in [0, 0.1) is 6.92 Å². The maximum absolute atomic E-state index is 12.7. The van der Waals surface area contributed by atoms with Crippen LogP contribution < -0.4 is 22.5 Å². The number of hydrazine groups is 1. The summed E-state index contributed by atoms with van der Waals surface area (Å²) in [6.07, 6.45) is 2.23. The Morgan fingerprint density at radius 1 is 1.29 bits per heavy atom. The fourth-order valence-electron chi connectivity index (χ4n) is 3.90. The molecule has 0 amide bonds. The third kappa shape index (κ3) is 3.32. The highest BCUT2D eigenvalue weighted by Gasteiger charge is 2.39. The molecule has 9 heteroatoms. The molecule has 1 aromatic carbocycles. The van der Waals surface area contributed by atoms with E-state index in [1.807, 2.05) is 60.7 Å². The molecule has 0 fully saturated rings. The van der Waals surface area contributed by atoms with Gasteiger partial charge in [-0.25, -0.2) is 5.84 Å². The molecule has 0 aliphatic rings. The third-order valence-corrected chi connectivity index (χ3v) is 6.50. The number of aliphatic hydroxyl groups is 1. The van der Waals surface area contributed by atoms with Crippen molar-refractivity contribution in [2.45, 2.75) is 25.9 Å². The Hall–Kier alpha value is -3.40. The molecule has 0 saturated heterocycles. The number of pyridine rings is 1. The summed E-state index contributed by atoms with van der Waals surface area (Å²) in [5, 5.41) is 15.8. The summed E-state index contributed by atoms with van der Waals surface area (Å²) in [5.41, 5.74) is 3.58. The van der Waals surface area contributed by atoms with E-state index < -0.39 is 5.60 Å². The van der Waals surface area contributed by atoms with Gasteiger partial charge >= 0.3 is 0 Å². The number of nitrogens with two attached hydrogens (primary N) is 2. The number of rotatable bonds is 5. The number of H-pyrrole nitrogens is 1. The summed E-state index contributed by atoms with van der Waals surface area (Å²) in [6.45, 7) is 4.00. The predicted molar refractivity (Wildman–Crippen MR) is 123 cm³/mol. The molecule has 0 aliphatic heterocycles. The van der Waals surface area contributed by atoms with Crippen LogP contribution in [0.5, 0.6) is 0 Å². The molecule has 0 spiro atoms. The average molecular weight is 437 g/mol. The van der Waals surface area contributed by atoms with Crippen LogP contribution in [0.3, 0.4) is 0 Å². The Balaban J connectivity index is 2.05. The first-order chi connectivity index (χ1) is 14.9. The number of benzene rings is 1. The SMILES string of the molecule is CCc1c(C(O)(c2ccccc2)c2ccc(C)s2)[nH]c2cc(=O)c(/C(=N/N)NN)cn12. The van der Waals surface area contributed by atoms with E-state index in [9.17, 15) is 9.90 Å². The van der Waals surface area contributed by atoms with Crippen LogP contribution in [0.15, 0.2) is 64.6 Å². The second-order valence-electron chi connectivity index (χ2n) is 7.22. The fourth-order valence-corrected chi connectivity index (χ4v) is 4.89. The number of aromatic nitrogens is 2. The lowest BCUT2D eigenvalue weighted by Crippen LogP contribution is -2.35. The summed E-state index contributed by atoms with van der Waals surface area (Å²) >= 11 is 1.53. The zero-order chi connectivity index (χ0) is 22.2. The zero-order valence-corrected chi connectivity index (χ0v) is 18.0. The summed E-state index contributed by atoms with van der Waals surface area (Å²) in [5.74, 6) is 10.9. The van der Waals surface area contributed by atoms with Crippen LogP contribution in [0.1, 0.15) is 39.2 Å². The first-order valence-corrected chi connectivity index (χ1v) is 10.6. The minimum atomic E-state index is -1.42. The largest absolute Gasteiger partial charge is 0.374 e. The minimum Gasteiger partial charge on any atom is -0.374 e. The molecular formula is C22H24N6O2S. The number of imidazole rings is 1. The van der Waals surface area contributed by atoms with Crippen LogP contribution in [0.4, 0.5) is 0 Å². The molecule has 31 heavy (non-hydrogen) atoms. The van der Waals surface area contributed by atoms with Crippen molar-refractivity contribution < 1.29 is 5.11 Å². The number of aromatic amines is 1. The number of hydrogen-bond donors (Lipinski definition) is 5. The van der Waals surface area contributed by atoms with E-state index in [0.717, 1.165) is 21.0 Å². The van der Waals surface area contributed by atoms with Crippen LogP contribution in [0.2, 0.25) is 0 Å². The average Bonchev–Trinajstić information content (AvgIpc) is 3.38. The van der Waals surface area contributed by atoms with Crippen LogP contribution in [-0.2, 0) is 12.0 Å². The lowest BCUT2D eigenvalue weighted by molar-refractivity contribution is 0.124. The fraction of sp³-hybridized carbons (Fsp3) is 0.182. The number of amidine groups is 1. The van der Waals surface area contributed by atoms with E-state index in [1.54, 1.807) is 6.20 Å². The lowest BCUT2D eigenvalue weighted by atomic mass is 9.87. The molecule has 160 valence electrons. The topological polar surface area (TPSA) is 134 Å². The van der Waals surface area contributed by atoms with Gasteiger partial charge in [-0.2, -0.15) is 5.10 Å². The first kappa shape index (κ1) is 20.9. The van der Waals surface area contributed by atoms with Gasteiger partial charge < -0.3 is 25.8 Å². The summed E-state index contributed by atoms with van der Waals surface area (Å²) in [6, 6.07) is 14.9. The van der Waals surface area contributed by atoms with Gasteiger partial charge in [-0.1, -0.05) is 37.3 Å². The molecular weight excluding hydrogens is 412 g/mol. The highest BCUT2D eigenvalue weighted by atomic mass is 32.1. The van der Waals surface area contributed by atoms with Crippen LogP contribution in [-0.4, -0.2) is 20.3 Å². The Kier molecular flexibility index (Phi) is 5.40. The summed E-state index contributed by atoms with van der Waals surface area (Å²) < 4.78 is 1.84. The van der Waals surface area contributed by atoms with Gasteiger partial charge in [0.15, 0.2) is 16.9 Å². The van der Waals surface area contributed by atoms with Gasteiger partial charge in [0.05, 0.1) is 11.3 Å². The van der Waals surface area contributed by atoms with Gasteiger partial charge in [0.25, 0.3) is 0 Å². The molecule has 0 bridgehead atoms. The highest BCUT2D eigenvalue weighted by molar-refractivity contribution is 7.12. The van der Waals surface area contributed by atoms with Crippen molar-refractivity contribution in [3.63, 3.8) is 0 Å². The Morgan fingerprint density at radius 2 is 2.03 bits per heavy atom. The summed E-state index contributed by atoms with van der Waals surface area (Å²) in [4.78, 5) is 17.8. The van der Waals surface area contributed by atoms with E-state index in [-0.39, 0.29) is 16.8 Å². The molecule has 0 radical (unpaired) electrons. The number of hydrogen-bond acceptors (Lipinski definition) is 6. The maximum atomic E-state index is 12.7. The van der Waals surface area contributed by atoms with E-state index in [4.69, 9.17) is 11.7 Å². The van der Waals surface area contributed by atoms with E-state index in [0.29, 0.717) is 17.8 Å². The van der Waals surface area contributed by atoms with Crippen molar-refractivity contribution >= 4 is 22.8 Å². The molecule has 3 aromatic heterocycles. The van der Waals surface area contributed by atoms with Crippen molar-refractivity contribution in [1.82, 2.24) is 14.8 Å². The second kappa shape index (κ2) is 8.03. The molecule has 0 saturated carbocycles. The monoisotopic (exact) mass is 436 g/mol. The number of nitrogens with zero attached hydrogens (tertiary/aromatic N) is 2. The van der Waals surface area contributed by atoms with Crippen molar-refractivity contribution in [2.75, 3.05) is 0 Å². The minimum absolute atomic E-state index is 0.0800. The number of hydrazone groups is 1. The number of thiophene rings is 1. The van der Waals surface area contributed by atoms with Crippen molar-refractivity contribution in [3.8, 4) is 0 Å². The number of fused-ring (bicyclic) bond motifs is 1. The molecule has 1 atom stereocenters. The Morgan fingerprint density at radius 3 is 2.61 bits per heavy atom. The smallest absolute Gasteiger partial charge is 0.194 e. The molecule has 4 aromatic rings. The maximum Gasteiger partial charge on any atom is 0.194 e. The van der Waals surface area contributed by atoms with Gasteiger partial charge in [-0.15, -0.1) is 11.3 Å². The number of aryl methyl sites for hydroxylation is 2. The van der Waals surface area contributed by atoms with E-state index in [2.05, 4.69) is 15.5 Å². The third-order valence-electron chi connectivity index (χ3n) is 5.39. The molecule has 4 rings (SSSR count). The molecule has 0 aliphatic carbocycles. The molecule has 3 heterocycles. The number of nitrogens with one attached hydrogen (secondary N) is 2. The quantitative estimate of drug-likeness (QED) is 0.141. The lowest BCUT2D eigenvalue weighted by Gasteiger charge is -2.28. The molecule has 7 N–H and O–H groups in total. The second-order valence-corrected chi connectivity index (χ2v) is 8.50. The Bertz CT molecular complexity index is 1320. The zero-order valence-electron chi connectivity index (χ0n) is 17.2. The van der Waals surface area contributed by atoms with Gasteiger partial charge in [0.1, 0.15) is 5.65 Å².